The number of carbonyl (C=O) groups is 4. The number of amides is 3. The highest BCUT2D eigenvalue weighted by Crippen LogP contribution is 2.36. The van der Waals surface area contributed by atoms with Gasteiger partial charge in [0.2, 0.25) is 5.91 Å². The van der Waals surface area contributed by atoms with Crippen molar-refractivity contribution in [2.45, 2.75) is 101 Å². The fourth-order valence-corrected chi connectivity index (χ4v) is 7.98. The number of carboxylic acid groups (broad SMARTS) is 1. The van der Waals surface area contributed by atoms with Gasteiger partial charge >= 0.3 is 18.2 Å². The Morgan fingerprint density at radius 3 is 2.12 bits per heavy atom. The number of carbonyl (C=O) groups excluding carboxylic acids is 3. The van der Waals surface area contributed by atoms with Crippen LogP contribution in [0.15, 0.2) is 77.8 Å². The smallest absolute Gasteiger partial charge is 0.425 e. The molecule has 1 aliphatic rings. The van der Waals surface area contributed by atoms with Crippen molar-refractivity contribution in [3.63, 3.8) is 0 Å². The normalized spacial score (nSPS) is 13.8. The monoisotopic (exact) mass is 801 g/mol. The average Bonchev–Trinajstić information content (AvgIpc) is 3.95. The summed E-state index contributed by atoms with van der Waals surface area (Å²) in [6.45, 7) is 10.4. The van der Waals surface area contributed by atoms with Gasteiger partial charge in [0.1, 0.15) is 11.2 Å². The first-order chi connectivity index (χ1) is 26.6. The van der Waals surface area contributed by atoms with E-state index >= 15 is 0 Å². The molecule has 3 N–H and O–H groups in total. The number of fused-ring (bicyclic) bond motifs is 1. The van der Waals surface area contributed by atoms with Crippen molar-refractivity contribution in [1.29, 1.82) is 0 Å². The second-order valence-corrected chi connectivity index (χ2v) is 18.6. The number of aryl methyl sites for hydroxylation is 1. The molecule has 14 nitrogen and oxygen atoms in total. The maximum absolute atomic E-state index is 13.3. The highest BCUT2D eigenvalue weighted by Gasteiger charge is 2.38. The Kier molecular flexibility index (Phi) is 12.6. The summed E-state index contributed by atoms with van der Waals surface area (Å²) >= 11 is 0. The molecular formula is C42H51N5O9S. The lowest BCUT2D eigenvalue weighted by Gasteiger charge is -2.28. The van der Waals surface area contributed by atoms with E-state index in [4.69, 9.17) is 9.47 Å². The minimum absolute atomic E-state index is 0.0124. The quantitative estimate of drug-likeness (QED) is 0.120. The Morgan fingerprint density at radius 1 is 0.877 bits per heavy atom. The first-order valence-corrected chi connectivity index (χ1v) is 20.2. The summed E-state index contributed by atoms with van der Waals surface area (Å²) in [5.41, 5.74) is 0.934. The summed E-state index contributed by atoms with van der Waals surface area (Å²) in [6.07, 6.45) is 1.23. The van der Waals surface area contributed by atoms with Gasteiger partial charge < -0.3 is 30.1 Å². The number of nitrogens with zero attached hydrogens (tertiary/aromatic N) is 3. The first-order valence-electron chi connectivity index (χ1n) is 18.7. The Balaban J connectivity index is 1.31. The van der Waals surface area contributed by atoms with Gasteiger partial charge in [0.25, 0.3) is 0 Å². The minimum atomic E-state index is -3.42. The topological polar surface area (TPSA) is 185 Å². The van der Waals surface area contributed by atoms with Crippen molar-refractivity contribution in [2.24, 2.45) is 0 Å². The third-order valence-corrected chi connectivity index (χ3v) is 11.1. The number of ether oxygens (including phenoxy) is 2. The van der Waals surface area contributed by atoms with E-state index in [1.165, 1.54) is 6.20 Å². The molecular weight excluding hydrogens is 751 g/mol. The standard InChI is InChI=1S/C42H51N5O9S/c1-41(2,3)55-39(51)47(40(52)56-42(4,5)6)37-33-17-13-31(23-27(33)20-21-43-37)45-36(38(49)50)28-11-9-10-26(22-28)12-19-35(48)44-30-14-18-34(29(24-30)25-46(7)8)57(53,54)32-15-16-32/h9-11,13-14,17-18,20-24,32,36,45H,12,15-16,19,25H2,1-8H3,(H,44,48)(H,49,50). The van der Waals surface area contributed by atoms with E-state index in [9.17, 15) is 32.7 Å². The molecule has 0 aliphatic heterocycles. The molecule has 1 saturated carbocycles. The molecule has 15 heteroatoms. The number of pyridine rings is 1. The second-order valence-electron chi connectivity index (χ2n) is 16.4. The van der Waals surface area contributed by atoms with E-state index in [1.54, 1.807) is 102 Å². The van der Waals surface area contributed by atoms with Crippen LogP contribution in [0, 0.1) is 0 Å². The van der Waals surface area contributed by atoms with Crippen LogP contribution in [0.3, 0.4) is 0 Å². The van der Waals surface area contributed by atoms with Crippen molar-refractivity contribution < 1.29 is 42.2 Å². The molecule has 3 aromatic carbocycles. The van der Waals surface area contributed by atoms with Gasteiger partial charge in [0.15, 0.2) is 21.7 Å². The van der Waals surface area contributed by atoms with E-state index in [-0.39, 0.29) is 23.4 Å². The Morgan fingerprint density at radius 2 is 1.53 bits per heavy atom. The molecule has 1 unspecified atom stereocenters. The van der Waals surface area contributed by atoms with Crippen LogP contribution < -0.4 is 15.5 Å². The van der Waals surface area contributed by atoms with E-state index in [0.717, 1.165) is 10.5 Å². The number of sulfone groups is 1. The summed E-state index contributed by atoms with van der Waals surface area (Å²) in [4.78, 5) is 59.5. The molecule has 304 valence electrons. The number of benzene rings is 3. The molecule has 4 aromatic rings. The highest BCUT2D eigenvalue weighted by atomic mass is 32.2. The zero-order valence-corrected chi connectivity index (χ0v) is 34.4. The Labute approximate surface area is 333 Å². The Bertz CT molecular complexity index is 2250. The zero-order valence-electron chi connectivity index (χ0n) is 33.6. The van der Waals surface area contributed by atoms with E-state index < -0.39 is 45.2 Å². The first kappa shape index (κ1) is 42.6. The summed E-state index contributed by atoms with van der Waals surface area (Å²) in [6, 6.07) is 17.3. The van der Waals surface area contributed by atoms with Crippen LogP contribution in [0.4, 0.5) is 26.8 Å². The third-order valence-electron chi connectivity index (χ3n) is 8.69. The van der Waals surface area contributed by atoms with Crippen LogP contribution in [0.2, 0.25) is 0 Å². The van der Waals surface area contributed by atoms with Crippen LogP contribution in [0.1, 0.15) is 83.5 Å². The predicted octanol–water partition coefficient (Wildman–Crippen LogP) is 7.72. The van der Waals surface area contributed by atoms with Crippen molar-refractivity contribution in [3.05, 3.63) is 89.6 Å². The maximum atomic E-state index is 13.3. The summed E-state index contributed by atoms with van der Waals surface area (Å²) in [7, 11) is 0.281. The molecule has 57 heavy (non-hydrogen) atoms. The minimum Gasteiger partial charge on any atom is -0.479 e. The number of rotatable bonds is 13. The number of carboxylic acids is 1. The summed E-state index contributed by atoms with van der Waals surface area (Å²) < 4.78 is 37.1. The van der Waals surface area contributed by atoms with Gasteiger partial charge in [-0.05, 0) is 139 Å². The molecule has 0 spiro atoms. The van der Waals surface area contributed by atoms with Gasteiger partial charge in [0, 0.05) is 35.9 Å². The summed E-state index contributed by atoms with van der Waals surface area (Å²) in [5.74, 6) is -1.42. The molecule has 0 bridgehead atoms. The van der Waals surface area contributed by atoms with Gasteiger partial charge in [-0.2, -0.15) is 4.90 Å². The number of nitrogens with one attached hydrogen (secondary N) is 2. The molecule has 1 aliphatic carbocycles. The van der Waals surface area contributed by atoms with Crippen molar-refractivity contribution in [3.8, 4) is 0 Å². The molecule has 1 atom stereocenters. The van der Waals surface area contributed by atoms with Crippen LogP contribution in [-0.2, 0) is 41.9 Å². The van der Waals surface area contributed by atoms with Crippen molar-refractivity contribution in [1.82, 2.24) is 9.88 Å². The highest BCUT2D eigenvalue weighted by molar-refractivity contribution is 7.92. The van der Waals surface area contributed by atoms with E-state index in [0.29, 0.717) is 64.0 Å². The fourth-order valence-electron chi connectivity index (χ4n) is 6.11. The Hall–Kier alpha value is -5.54. The van der Waals surface area contributed by atoms with E-state index in [1.807, 2.05) is 25.1 Å². The van der Waals surface area contributed by atoms with Crippen LogP contribution in [0.5, 0.6) is 0 Å². The number of hydrogen-bond donors (Lipinski definition) is 3. The largest absolute Gasteiger partial charge is 0.479 e. The van der Waals surface area contributed by atoms with Crippen molar-refractivity contribution >= 4 is 61.9 Å². The average molecular weight is 802 g/mol. The second kappa shape index (κ2) is 16.9. The molecule has 1 heterocycles. The number of aromatic nitrogens is 1. The van der Waals surface area contributed by atoms with Gasteiger partial charge in [-0.1, -0.05) is 24.3 Å². The predicted molar refractivity (Wildman–Crippen MR) is 218 cm³/mol. The van der Waals surface area contributed by atoms with Gasteiger partial charge in [-0.15, -0.1) is 0 Å². The van der Waals surface area contributed by atoms with Crippen LogP contribution >= 0.6 is 0 Å². The lowest BCUT2D eigenvalue weighted by molar-refractivity contribution is -0.138. The van der Waals surface area contributed by atoms with Gasteiger partial charge in [-0.3, -0.25) is 4.79 Å². The molecule has 3 amide bonds. The molecule has 1 fully saturated rings. The lowest BCUT2D eigenvalue weighted by Crippen LogP contribution is -2.44. The fraction of sp³-hybridized carbons (Fsp3) is 0.405. The molecule has 0 saturated heterocycles. The number of imide groups is 1. The number of hydrogen-bond acceptors (Lipinski definition) is 11. The van der Waals surface area contributed by atoms with E-state index in [2.05, 4.69) is 15.6 Å². The third kappa shape index (κ3) is 11.3. The number of aliphatic carboxylic acids is 1. The molecule has 1 aromatic heterocycles. The molecule has 0 radical (unpaired) electrons. The maximum Gasteiger partial charge on any atom is 0.425 e. The lowest BCUT2D eigenvalue weighted by atomic mass is 10.0. The van der Waals surface area contributed by atoms with Crippen molar-refractivity contribution in [2.75, 3.05) is 29.6 Å². The zero-order chi connectivity index (χ0) is 41.9. The van der Waals surface area contributed by atoms with Crippen LogP contribution in [-0.4, -0.2) is 78.0 Å². The van der Waals surface area contributed by atoms with Crippen LogP contribution in [0.25, 0.3) is 10.8 Å². The van der Waals surface area contributed by atoms with Gasteiger partial charge in [-0.25, -0.2) is 27.8 Å². The molecule has 5 rings (SSSR count). The summed E-state index contributed by atoms with van der Waals surface area (Å²) in [5, 5.41) is 16.9. The SMILES string of the molecule is CN(C)Cc1cc(NC(=O)CCc2cccc(C(Nc3ccc4c(N(C(=O)OC(C)(C)C)C(=O)OC(C)(C)C)nccc4c3)C(=O)O)c2)ccc1S(=O)(=O)C1CC1. The number of anilines is 3. The van der Waals surface area contributed by atoms with Gasteiger partial charge in [0.05, 0.1) is 10.1 Å².